The first kappa shape index (κ1) is 16.2. The average molecular weight is 341 g/mol. The number of benzene rings is 2. The Morgan fingerprint density at radius 1 is 1.12 bits per heavy atom. The molecule has 0 fully saturated rings. The zero-order valence-electron chi connectivity index (χ0n) is 13.4. The summed E-state index contributed by atoms with van der Waals surface area (Å²) in [5, 5.41) is 4.72. The van der Waals surface area contributed by atoms with Crippen molar-refractivity contribution in [3.8, 4) is 5.69 Å². The Morgan fingerprint density at radius 2 is 1.79 bits per heavy atom. The predicted octanol–water partition coefficient (Wildman–Crippen LogP) is 3.75. The molecular formula is C18H17ClN4O. The molecule has 1 aromatic heterocycles. The van der Waals surface area contributed by atoms with Crippen LogP contribution < -0.4 is 0 Å². The quantitative estimate of drug-likeness (QED) is 0.726. The van der Waals surface area contributed by atoms with Crippen LogP contribution in [0.5, 0.6) is 0 Å². The summed E-state index contributed by atoms with van der Waals surface area (Å²) in [5.74, 6) is -0.0421. The van der Waals surface area contributed by atoms with Crippen LogP contribution >= 0.6 is 11.6 Å². The van der Waals surface area contributed by atoms with Crippen molar-refractivity contribution in [2.45, 2.75) is 13.0 Å². The minimum atomic E-state index is -0.0574. The average Bonchev–Trinajstić information content (AvgIpc) is 3.15. The Hall–Kier alpha value is -2.66. The van der Waals surface area contributed by atoms with Gasteiger partial charge in [0.2, 0.25) is 0 Å². The summed E-state index contributed by atoms with van der Waals surface area (Å²) in [6, 6.07) is 14.8. The molecule has 0 spiro atoms. The van der Waals surface area contributed by atoms with Crippen molar-refractivity contribution in [2.75, 3.05) is 7.05 Å². The third-order valence-corrected chi connectivity index (χ3v) is 4.30. The van der Waals surface area contributed by atoms with Crippen molar-refractivity contribution in [2.24, 2.45) is 0 Å². The normalized spacial score (nSPS) is 12.0. The molecule has 1 atom stereocenters. The minimum absolute atomic E-state index is 0.0421. The third-order valence-electron chi connectivity index (χ3n) is 4.05. The first-order valence-corrected chi connectivity index (χ1v) is 7.92. The molecule has 0 radical (unpaired) electrons. The number of aromatic nitrogens is 3. The van der Waals surface area contributed by atoms with Gasteiger partial charge in [0.05, 0.1) is 11.7 Å². The van der Waals surface area contributed by atoms with Crippen LogP contribution in [-0.4, -0.2) is 32.6 Å². The van der Waals surface area contributed by atoms with Gasteiger partial charge in [0.1, 0.15) is 12.7 Å². The largest absolute Gasteiger partial charge is 0.335 e. The van der Waals surface area contributed by atoms with Gasteiger partial charge < -0.3 is 4.90 Å². The summed E-state index contributed by atoms with van der Waals surface area (Å²) >= 11 is 5.88. The van der Waals surface area contributed by atoms with E-state index in [1.165, 1.54) is 6.33 Å². The van der Waals surface area contributed by atoms with E-state index in [9.17, 15) is 4.79 Å². The Labute approximate surface area is 145 Å². The van der Waals surface area contributed by atoms with Gasteiger partial charge in [0.25, 0.3) is 5.91 Å². The Balaban J connectivity index is 1.76. The number of amides is 1. The second-order valence-corrected chi connectivity index (χ2v) is 5.97. The number of nitrogens with zero attached hydrogens (tertiary/aromatic N) is 4. The first-order chi connectivity index (χ1) is 11.6. The predicted molar refractivity (Wildman–Crippen MR) is 93.3 cm³/mol. The van der Waals surface area contributed by atoms with Gasteiger partial charge in [-0.2, -0.15) is 5.10 Å². The van der Waals surface area contributed by atoms with Crippen LogP contribution in [0, 0.1) is 0 Å². The summed E-state index contributed by atoms with van der Waals surface area (Å²) in [5.41, 5.74) is 2.59. The van der Waals surface area contributed by atoms with Gasteiger partial charge in [0, 0.05) is 17.6 Å². The van der Waals surface area contributed by atoms with Crippen LogP contribution in [0.3, 0.4) is 0 Å². The highest BCUT2D eigenvalue weighted by Gasteiger charge is 2.19. The molecule has 122 valence electrons. The second-order valence-electron chi connectivity index (χ2n) is 5.53. The standard InChI is InChI=1S/C18H17ClN4O/c1-13(22(2)18(24)15-3-7-16(19)8-4-15)14-5-9-17(10-6-14)23-12-20-11-21-23/h3-13H,1-2H3/t13-/m1/s1. The lowest BCUT2D eigenvalue weighted by Crippen LogP contribution is -2.29. The van der Waals surface area contributed by atoms with E-state index < -0.39 is 0 Å². The zero-order valence-corrected chi connectivity index (χ0v) is 14.2. The molecule has 0 saturated heterocycles. The fraction of sp³-hybridized carbons (Fsp3) is 0.167. The fourth-order valence-corrected chi connectivity index (χ4v) is 2.57. The molecule has 0 aliphatic heterocycles. The monoisotopic (exact) mass is 340 g/mol. The molecular weight excluding hydrogens is 324 g/mol. The van der Waals surface area contributed by atoms with E-state index in [2.05, 4.69) is 10.1 Å². The zero-order chi connectivity index (χ0) is 17.1. The third kappa shape index (κ3) is 3.31. The summed E-state index contributed by atoms with van der Waals surface area (Å²) in [6.45, 7) is 2.00. The number of hydrogen-bond acceptors (Lipinski definition) is 3. The van der Waals surface area contributed by atoms with Gasteiger partial charge in [-0.1, -0.05) is 23.7 Å². The number of rotatable bonds is 4. The number of carbonyl (C=O) groups excluding carboxylic acids is 1. The minimum Gasteiger partial charge on any atom is -0.335 e. The van der Waals surface area contributed by atoms with Gasteiger partial charge in [0.15, 0.2) is 0 Å². The SMILES string of the molecule is C[C@H](c1ccc(-n2cncn2)cc1)N(C)C(=O)c1ccc(Cl)cc1. The second kappa shape index (κ2) is 6.84. The Bertz CT molecular complexity index is 813. The van der Waals surface area contributed by atoms with Crippen molar-refractivity contribution in [1.29, 1.82) is 0 Å². The Morgan fingerprint density at radius 3 is 2.38 bits per heavy atom. The molecule has 24 heavy (non-hydrogen) atoms. The van der Waals surface area contributed by atoms with Crippen molar-refractivity contribution in [1.82, 2.24) is 19.7 Å². The van der Waals surface area contributed by atoms with Crippen molar-refractivity contribution >= 4 is 17.5 Å². The van der Waals surface area contributed by atoms with Crippen molar-refractivity contribution in [3.05, 3.63) is 77.3 Å². The number of halogens is 1. The van der Waals surface area contributed by atoms with Gasteiger partial charge in [-0.05, 0) is 48.9 Å². The maximum atomic E-state index is 12.6. The van der Waals surface area contributed by atoms with Crippen molar-refractivity contribution < 1.29 is 4.79 Å². The topological polar surface area (TPSA) is 51.0 Å². The lowest BCUT2D eigenvalue weighted by molar-refractivity contribution is 0.0742. The molecule has 3 rings (SSSR count). The number of carbonyl (C=O) groups is 1. The molecule has 0 unspecified atom stereocenters. The number of hydrogen-bond donors (Lipinski definition) is 0. The van der Waals surface area contributed by atoms with Crippen LogP contribution in [0.4, 0.5) is 0 Å². The van der Waals surface area contributed by atoms with Crippen LogP contribution in [0.2, 0.25) is 5.02 Å². The molecule has 1 heterocycles. The highest BCUT2D eigenvalue weighted by atomic mass is 35.5. The maximum Gasteiger partial charge on any atom is 0.254 e. The summed E-state index contributed by atoms with van der Waals surface area (Å²) < 4.78 is 1.69. The molecule has 0 aliphatic carbocycles. The summed E-state index contributed by atoms with van der Waals surface area (Å²) in [6.07, 6.45) is 3.14. The molecule has 0 saturated carbocycles. The van der Waals surface area contributed by atoms with Crippen molar-refractivity contribution in [3.63, 3.8) is 0 Å². The van der Waals surface area contributed by atoms with Crippen LogP contribution in [-0.2, 0) is 0 Å². The lowest BCUT2D eigenvalue weighted by atomic mass is 10.1. The van der Waals surface area contributed by atoms with Crippen LogP contribution in [0.1, 0.15) is 28.9 Å². The molecule has 6 heteroatoms. The van der Waals surface area contributed by atoms with E-state index in [0.29, 0.717) is 10.6 Å². The van der Waals surface area contributed by atoms with E-state index in [4.69, 9.17) is 11.6 Å². The highest BCUT2D eigenvalue weighted by molar-refractivity contribution is 6.30. The lowest BCUT2D eigenvalue weighted by Gasteiger charge is -2.25. The van der Waals surface area contributed by atoms with E-state index in [1.807, 2.05) is 31.2 Å². The molecule has 0 aliphatic rings. The smallest absolute Gasteiger partial charge is 0.254 e. The first-order valence-electron chi connectivity index (χ1n) is 7.54. The van der Waals surface area contributed by atoms with Gasteiger partial charge in [-0.25, -0.2) is 9.67 Å². The van der Waals surface area contributed by atoms with Crippen LogP contribution in [0.25, 0.3) is 5.69 Å². The summed E-state index contributed by atoms with van der Waals surface area (Å²) in [7, 11) is 1.80. The molecule has 0 N–H and O–H groups in total. The molecule has 0 bridgehead atoms. The van der Waals surface area contributed by atoms with E-state index in [1.54, 1.807) is 47.2 Å². The Kier molecular flexibility index (Phi) is 4.62. The molecule has 5 nitrogen and oxygen atoms in total. The van der Waals surface area contributed by atoms with E-state index >= 15 is 0 Å². The fourth-order valence-electron chi connectivity index (χ4n) is 2.44. The molecule has 2 aromatic carbocycles. The molecule has 1 amide bonds. The van der Waals surface area contributed by atoms with Crippen LogP contribution in [0.15, 0.2) is 61.2 Å². The van der Waals surface area contributed by atoms with E-state index in [-0.39, 0.29) is 11.9 Å². The highest BCUT2D eigenvalue weighted by Crippen LogP contribution is 2.22. The maximum absolute atomic E-state index is 12.6. The van der Waals surface area contributed by atoms with Gasteiger partial charge in [-0.3, -0.25) is 4.79 Å². The molecule has 3 aromatic rings. The van der Waals surface area contributed by atoms with E-state index in [0.717, 1.165) is 11.3 Å². The summed E-state index contributed by atoms with van der Waals surface area (Å²) in [4.78, 5) is 18.2. The van der Waals surface area contributed by atoms with Gasteiger partial charge >= 0.3 is 0 Å². The van der Waals surface area contributed by atoms with Gasteiger partial charge in [-0.15, -0.1) is 0 Å².